The molecular formula is C11H9BrN2O3. The first-order valence-electron chi connectivity index (χ1n) is 4.77. The van der Waals surface area contributed by atoms with Crippen molar-refractivity contribution in [2.75, 3.05) is 7.11 Å². The number of pyridine rings is 1. The zero-order valence-corrected chi connectivity index (χ0v) is 10.5. The molecule has 5 nitrogen and oxygen atoms in total. The lowest BCUT2D eigenvalue weighted by Crippen LogP contribution is -2.28. The van der Waals surface area contributed by atoms with E-state index < -0.39 is 11.5 Å². The molecule has 0 spiro atoms. The summed E-state index contributed by atoms with van der Waals surface area (Å²) in [5, 5.41) is 0.764. The number of fused-ring (bicyclic) bond motifs is 1. The van der Waals surface area contributed by atoms with Gasteiger partial charge in [0, 0.05) is 15.4 Å². The maximum absolute atomic E-state index is 11.7. The number of aromatic nitrogens is 1. The van der Waals surface area contributed by atoms with E-state index in [1.807, 2.05) is 12.1 Å². The first kappa shape index (κ1) is 11.8. The topological polar surface area (TPSA) is 71.2 Å². The van der Waals surface area contributed by atoms with E-state index in [0.717, 1.165) is 9.86 Å². The average molecular weight is 297 g/mol. The van der Waals surface area contributed by atoms with Gasteiger partial charge in [0.1, 0.15) is 5.56 Å². The van der Waals surface area contributed by atoms with Crippen LogP contribution in [0.15, 0.2) is 33.5 Å². The van der Waals surface area contributed by atoms with Crippen LogP contribution >= 0.6 is 15.9 Å². The summed E-state index contributed by atoms with van der Waals surface area (Å²) in [4.78, 5) is 30.3. The monoisotopic (exact) mass is 296 g/mol. The first-order valence-corrected chi connectivity index (χ1v) is 5.57. The molecule has 2 aromatic rings. The summed E-state index contributed by atoms with van der Waals surface area (Å²) < 4.78 is 0.871. The molecule has 1 aromatic heterocycles. The second-order valence-corrected chi connectivity index (χ2v) is 4.29. The highest BCUT2D eigenvalue weighted by molar-refractivity contribution is 9.10. The lowest BCUT2D eigenvalue weighted by atomic mass is 10.1. The minimum atomic E-state index is -0.573. The Bertz CT molecular complexity index is 636. The molecule has 6 heteroatoms. The standard InChI is InChI=1S/C11H9BrN2O3/c1-17-14-11(16)8-5-6-4-7(12)2-3-9(6)13-10(8)15/h2-5H,1H3,(H,13,15)(H,14,16). The molecule has 88 valence electrons. The molecule has 1 heterocycles. The van der Waals surface area contributed by atoms with Crippen LogP contribution in [0.3, 0.4) is 0 Å². The maximum Gasteiger partial charge on any atom is 0.280 e. The number of carbonyl (C=O) groups excluding carboxylic acids is 1. The summed E-state index contributed by atoms with van der Waals surface area (Å²) in [7, 11) is 1.31. The first-order chi connectivity index (χ1) is 8.11. The van der Waals surface area contributed by atoms with Crippen LogP contribution in [0.4, 0.5) is 0 Å². The fraction of sp³-hybridized carbons (Fsp3) is 0.0909. The molecule has 0 saturated carbocycles. The van der Waals surface area contributed by atoms with Crippen LogP contribution in [-0.4, -0.2) is 18.0 Å². The van der Waals surface area contributed by atoms with Gasteiger partial charge >= 0.3 is 0 Å². The van der Waals surface area contributed by atoms with Gasteiger partial charge in [0.25, 0.3) is 11.5 Å². The van der Waals surface area contributed by atoms with E-state index in [9.17, 15) is 9.59 Å². The number of benzene rings is 1. The van der Waals surface area contributed by atoms with Crippen LogP contribution in [0.2, 0.25) is 0 Å². The Hall–Kier alpha value is -1.66. The Morgan fingerprint density at radius 1 is 1.41 bits per heavy atom. The summed E-state index contributed by atoms with van der Waals surface area (Å²) >= 11 is 3.33. The smallest absolute Gasteiger partial charge is 0.280 e. The molecule has 2 rings (SSSR count). The van der Waals surface area contributed by atoms with Gasteiger partial charge in [0.2, 0.25) is 0 Å². The summed E-state index contributed by atoms with van der Waals surface area (Å²) in [5.41, 5.74) is 2.35. The van der Waals surface area contributed by atoms with Gasteiger partial charge in [-0.1, -0.05) is 15.9 Å². The summed E-state index contributed by atoms with van der Waals surface area (Å²) in [5.74, 6) is -0.573. The minimum absolute atomic E-state index is 0.0115. The molecule has 0 bridgehead atoms. The van der Waals surface area contributed by atoms with Crippen LogP contribution < -0.4 is 11.0 Å². The molecule has 1 aromatic carbocycles. The summed E-state index contributed by atoms with van der Waals surface area (Å²) in [6, 6.07) is 6.91. The SMILES string of the molecule is CONC(=O)c1cc2cc(Br)ccc2[nH]c1=O. The van der Waals surface area contributed by atoms with E-state index in [2.05, 4.69) is 31.2 Å². The Balaban J connectivity index is 2.61. The van der Waals surface area contributed by atoms with Crippen LogP contribution in [0, 0.1) is 0 Å². The van der Waals surface area contributed by atoms with Crippen molar-refractivity contribution in [3.63, 3.8) is 0 Å². The van der Waals surface area contributed by atoms with Crippen LogP contribution in [0.5, 0.6) is 0 Å². The number of nitrogens with one attached hydrogen (secondary N) is 2. The van der Waals surface area contributed by atoms with E-state index in [-0.39, 0.29) is 5.56 Å². The molecule has 0 radical (unpaired) electrons. The minimum Gasteiger partial charge on any atom is -0.321 e. The average Bonchev–Trinajstić information content (AvgIpc) is 2.29. The lowest BCUT2D eigenvalue weighted by molar-refractivity contribution is 0.0536. The molecule has 0 saturated heterocycles. The Kier molecular flexibility index (Phi) is 3.26. The van der Waals surface area contributed by atoms with Gasteiger partial charge in [-0.05, 0) is 24.3 Å². The molecule has 0 fully saturated rings. The van der Waals surface area contributed by atoms with Gasteiger partial charge in [0.15, 0.2) is 0 Å². The number of rotatable bonds is 2. The lowest BCUT2D eigenvalue weighted by Gasteiger charge is -2.03. The molecule has 17 heavy (non-hydrogen) atoms. The highest BCUT2D eigenvalue weighted by Gasteiger charge is 2.11. The highest BCUT2D eigenvalue weighted by Crippen LogP contribution is 2.17. The summed E-state index contributed by atoms with van der Waals surface area (Å²) in [6.45, 7) is 0. The third-order valence-corrected chi connectivity index (χ3v) is 2.74. The van der Waals surface area contributed by atoms with Gasteiger partial charge in [-0.3, -0.25) is 14.4 Å². The quantitative estimate of drug-likeness (QED) is 0.827. The predicted molar refractivity (Wildman–Crippen MR) is 66.7 cm³/mol. The largest absolute Gasteiger partial charge is 0.321 e. The van der Waals surface area contributed by atoms with Crippen molar-refractivity contribution < 1.29 is 9.63 Å². The molecule has 1 amide bonds. The number of carbonyl (C=O) groups is 1. The number of hydroxylamine groups is 1. The number of hydrogen-bond acceptors (Lipinski definition) is 3. The van der Waals surface area contributed by atoms with Gasteiger partial charge in [-0.15, -0.1) is 0 Å². The van der Waals surface area contributed by atoms with Crippen molar-refractivity contribution in [2.45, 2.75) is 0 Å². The molecule has 0 aliphatic heterocycles. The van der Waals surface area contributed by atoms with Crippen LogP contribution in [0.25, 0.3) is 10.9 Å². The fourth-order valence-corrected chi connectivity index (χ4v) is 1.87. The van der Waals surface area contributed by atoms with Crippen molar-refractivity contribution in [1.29, 1.82) is 0 Å². The third-order valence-electron chi connectivity index (χ3n) is 2.25. The normalized spacial score (nSPS) is 10.5. The number of H-pyrrole nitrogens is 1. The van der Waals surface area contributed by atoms with Crippen LogP contribution in [-0.2, 0) is 4.84 Å². The Morgan fingerprint density at radius 2 is 2.18 bits per heavy atom. The Labute approximate surface area is 105 Å². The predicted octanol–water partition coefficient (Wildman–Crippen LogP) is 1.58. The van der Waals surface area contributed by atoms with Gasteiger partial charge in [-0.25, -0.2) is 5.48 Å². The third kappa shape index (κ3) is 2.37. The number of hydrogen-bond donors (Lipinski definition) is 2. The van der Waals surface area contributed by atoms with Crippen molar-refractivity contribution in [3.8, 4) is 0 Å². The number of amides is 1. The Morgan fingerprint density at radius 3 is 2.88 bits per heavy atom. The van der Waals surface area contributed by atoms with Gasteiger partial charge < -0.3 is 4.98 Å². The second-order valence-electron chi connectivity index (χ2n) is 3.38. The molecular weight excluding hydrogens is 288 g/mol. The van der Waals surface area contributed by atoms with E-state index >= 15 is 0 Å². The molecule has 0 aliphatic carbocycles. The summed E-state index contributed by atoms with van der Waals surface area (Å²) in [6.07, 6.45) is 0. The van der Waals surface area contributed by atoms with E-state index in [0.29, 0.717) is 5.52 Å². The zero-order valence-electron chi connectivity index (χ0n) is 8.91. The van der Waals surface area contributed by atoms with Crippen molar-refractivity contribution in [1.82, 2.24) is 10.5 Å². The molecule has 0 unspecified atom stereocenters. The van der Waals surface area contributed by atoms with Crippen LogP contribution in [0.1, 0.15) is 10.4 Å². The van der Waals surface area contributed by atoms with E-state index in [1.54, 1.807) is 6.07 Å². The number of halogens is 1. The van der Waals surface area contributed by atoms with Crippen molar-refractivity contribution in [3.05, 3.63) is 44.7 Å². The number of aromatic amines is 1. The maximum atomic E-state index is 11.7. The molecule has 2 N–H and O–H groups in total. The van der Waals surface area contributed by atoms with Gasteiger partial charge in [-0.2, -0.15) is 0 Å². The van der Waals surface area contributed by atoms with Crippen molar-refractivity contribution in [2.24, 2.45) is 0 Å². The van der Waals surface area contributed by atoms with Crippen molar-refractivity contribution >= 4 is 32.7 Å². The van der Waals surface area contributed by atoms with E-state index in [4.69, 9.17) is 0 Å². The second kappa shape index (κ2) is 4.68. The fourth-order valence-electron chi connectivity index (χ4n) is 1.49. The zero-order chi connectivity index (χ0) is 12.4. The molecule has 0 atom stereocenters. The highest BCUT2D eigenvalue weighted by atomic mass is 79.9. The molecule has 0 aliphatic rings. The van der Waals surface area contributed by atoms with Gasteiger partial charge in [0.05, 0.1) is 7.11 Å². The van der Waals surface area contributed by atoms with E-state index in [1.165, 1.54) is 13.2 Å².